The van der Waals surface area contributed by atoms with Crippen molar-refractivity contribution in [3.05, 3.63) is 41.0 Å². The summed E-state index contributed by atoms with van der Waals surface area (Å²) >= 11 is 0. The lowest BCUT2D eigenvalue weighted by atomic mass is 10.2. The average Bonchev–Trinajstić information content (AvgIpc) is 3.16. The van der Waals surface area contributed by atoms with Crippen LogP contribution in [0.2, 0.25) is 0 Å². The highest BCUT2D eigenvalue weighted by Crippen LogP contribution is 2.26. The molecule has 0 radical (unpaired) electrons. The molecule has 1 aliphatic heterocycles. The van der Waals surface area contributed by atoms with Gasteiger partial charge in [-0.1, -0.05) is 6.08 Å². The minimum Gasteiger partial charge on any atom is -0.506 e. The van der Waals surface area contributed by atoms with Gasteiger partial charge in [0.05, 0.1) is 22.9 Å². The van der Waals surface area contributed by atoms with Crippen molar-refractivity contribution in [3.63, 3.8) is 0 Å². The van der Waals surface area contributed by atoms with E-state index in [4.69, 9.17) is 4.74 Å². The van der Waals surface area contributed by atoms with Gasteiger partial charge in [-0.25, -0.2) is 4.98 Å². The Hall–Kier alpha value is -2.71. The molecule has 26 heavy (non-hydrogen) atoms. The summed E-state index contributed by atoms with van der Waals surface area (Å²) in [6, 6.07) is 2.73. The predicted octanol–water partition coefficient (Wildman–Crippen LogP) is 1.48. The molecule has 140 valence electrons. The van der Waals surface area contributed by atoms with E-state index in [1.54, 1.807) is 6.08 Å². The Morgan fingerprint density at radius 1 is 1.38 bits per heavy atom. The van der Waals surface area contributed by atoms with E-state index in [2.05, 4.69) is 15.3 Å². The molecule has 1 aromatic carbocycles. The van der Waals surface area contributed by atoms with E-state index in [1.165, 1.54) is 37.4 Å². The number of aromatic nitrogens is 2. The lowest BCUT2D eigenvalue weighted by Crippen LogP contribution is -2.13. The number of H-pyrrole nitrogens is 1. The van der Waals surface area contributed by atoms with Crippen molar-refractivity contribution < 1.29 is 14.6 Å². The quantitative estimate of drug-likeness (QED) is 0.563. The summed E-state index contributed by atoms with van der Waals surface area (Å²) in [6.45, 7) is 2.63. The summed E-state index contributed by atoms with van der Waals surface area (Å²) in [7, 11) is 3.77. The minimum absolute atomic E-state index is 0.144. The number of rotatable bonds is 4. The molecule has 0 bridgehead atoms. The maximum atomic E-state index is 11.7. The number of phenols is 1. The van der Waals surface area contributed by atoms with Crippen LogP contribution < -0.4 is 10.9 Å². The van der Waals surface area contributed by atoms with Gasteiger partial charge in [0.2, 0.25) is 5.91 Å². The summed E-state index contributed by atoms with van der Waals surface area (Å²) < 4.78 is 4.94. The van der Waals surface area contributed by atoms with E-state index >= 15 is 0 Å². The zero-order chi connectivity index (χ0) is 18.9. The standard InChI is InChI=1S/C14H16N4O3.C4H8O/c1-18(2)5-3-4-13(20)17-11-6-9-10(7-12(11)19)15-8-16-14(9)21;1-2-4-5-3-1/h3-4,6-8,19H,5H2,1-2H3,(H,17,20)(H,15,16,21);1-4H2/b4-3+;. The maximum absolute atomic E-state index is 11.7. The average molecular weight is 360 g/mol. The Kier molecular flexibility index (Phi) is 7.31. The third-order valence-corrected chi connectivity index (χ3v) is 3.58. The molecule has 3 rings (SSSR count). The first-order chi connectivity index (χ1) is 12.5. The van der Waals surface area contributed by atoms with E-state index in [-0.39, 0.29) is 22.9 Å². The van der Waals surface area contributed by atoms with Crippen molar-refractivity contribution in [2.45, 2.75) is 12.8 Å². The summed E-state index contributed by atoms with van der Waals surface area (Å²) in [5, 5.41) is 12.7. The number of anilines is 1. The molecule has 1 amide bonds. The van der Waals surface area contributed by atoms with E-state index < -0.39 is 0 Å². The molecule has 0 saturated carbocycles. The zero-order valence-electron chi connectivity index (χ0n) is 15.0. The van der Waals surface area contributed by atoms with Gasteiger partial charge in [-0.3, -0.25) is 9.59 Å². The Morgan fingerprint density at radius 2 is 2.12 bits per heavy atom. The molecule has 0 aliphatic carbocycles. The zero-order valence-corrected chi connectivity index (χ0v) is 15.0. The molecule has 8 nitrogen and oxygen atoms in total. The number of amides is 1. The van der Waals surface area contributed by atoms with Crippen molar-refractivity contribution in [3.8, 4) is 5.75 Å². The fraction of sp³-hybridized carbons (Fsp3) is 0.389. The van der Waals surface area contributed by atoms with Crippen molar-refractivity contribution in [1.29, 1.82) is 0 Å². The van der Waals surface area contributed by atoms with Crippen molar-refractivity contribution in [1.82, 2.24) is 14.9 Å². The molecule has 0 unspecified atom stereocenters. The lowest BCUT2D eigenvalue weighted by Gasteiger charge is -2.07. The third kappa shape index (κ3) is 5.98. The molecule has 2 heterocycles. The summed E-state index contributed by atoms with van der Waals surface area (Å²) in [4.78, 5) is 31.7. The van der Waals surface area contributed by atoms with Gasteiger partial charge in [0.25, 0.3) is 5.56 Å². The van der Waals surface area contributed by atoms with Gasteiger partial charge < -0.3 is 25.0 Å². The normalized spacial score (nSPS) is 13.8. The molecule has 3 N–H and O–H groups in total. The number of fused-ring (bicyclic) bond motifs is 1. The molecule has 1 fully saturated rings. The van der Waals surface area contributed by atoms with Crippen LogP contribution in [0.15, 0.2) is 35.4 Å². The topological polar surface area (TPSA) is 108 Å². The van der Waals surface area contributed by atoms with Gasteiger partial charge in [-0.05, 0) is 33.0 Å². The van der Waals surface area contributed by atoms with Gasteiger partial charge in [0.15, 0.2) is 0 Å². The Balaban J connectivity index is 0.000000417. The fourth-order valence-corrected chi connectivity index (χ4v) is 2.26. The molecular formula is C18H24N4O4. The first-order valence-electron chi connectivity index (χ1n) is 8.38. The highest BCUT2D eigenvalue weighted by Gasteiger charge is 2.09. The highest BCUT2D eigenvalue weighted by atomic mass is 16.5. The number of aromatic hydroxyl groups is 1. The van der Waals surface area contributed by atoms with E-state index in [0.717, 1.165) is 13.2 Å². The number of carbonyl (C=O) groups excluding carboxylic acids is 1. The summed E-state index contributed by atoms with van der Waals surface area (Å²) in [5.74, 6) is -0.526. The van der Waals surface area contributed by atoms with Crippen molar-refractivity contribution in [2.24, 2.45) is 0 Å². The molecule has 1 saturated heterocycles. The Labute approximate surface area is 151 Å². The number of phenolic OH excluding ortho intramolecular Hbond substituents is 1. The lowest BCUT2D eigenvalue weighted by molar-refractivity contribution is -0.111. The van der Waals surface area contributed by atoms with Gasteiger partial charge in [0.1, 0.15) is 5.75 Å². The molecule has 8 heteroatoms. The van der Waals surface area contributed by atoms with Crippen LogP contribution in [0.5, 0.6) is 5.75 Å². The number of likely N-dealkylation sites (N-methyl/N-ethyl adjacent to an activating group) is 1. The molecule has 1 aliphatic rings. The second-order valence-electron chi connectivity index (χ2n) is 6.09. The number of hydrogen-bond acceptors (Lipinski definition) is 6. The first-order valence-corrected chi connectivity index (χ1v) is 8.38. The second kappa shape index (κ2) is 9.69. The summed E-state index contributed by atoms with van der Waals surface area (Å²) in [5.41, 5.74) is 0.191. The van der Waals surface area contributed by atoms with Gasteiger partial charge in [-0.2, -0.15) is 0 Å². The highest BCUT2D eigenvalue weighted by molar-refractivity contribution is 6.01. The smallest absolute Gasteiger partial charge is 0.258 e. The van der Waals surface area contributed by atoms with E-state index in [9.17, 15) is 14.7 Å². The monoisotopic (exact) mass is 360 g/mol. The second-order valence-corrected chi connectivity index (χ2v) is 6.09. The largest absolute Gasteiger partial charge is 0.506 e. The molecule has 0 atom stereocenters. The number of nitrogens with one attached hydrogen (secondary N) is 2. The number of carbonyl (C=O) groups is 1. The van der Waals surface area contributed by atoms with Gasteiger partial charge in [0, 0.05) is 31.9 Å². The Bertz CT molecular complexity index is 818. The summed E-state index contributed by atoms with van der Waals surface area (Å²) in [6.07, 6.45) is 6.88. The van der Waals surface area contributed by atoms with Crippen LogP contribution in [0, 0.1) is 0 Å². The first kappa shape index (κ1) is 19.6. The van der Waals surface area contributed by atoms with Crippen LogP contribution in [0.3, 0.4) is 0 Å². The van der Waals surface area contributed by atoms with E-state index in [1.807, 2.05) is 19.0 Å². The van der Waals surface area contributed by atoms with Crippen LogP contribution in [-0.2, 0) is 9.53 Å². The fourth-order valence-electron chi connectivity index (χ4n) is 2.26. The maximum Gasteiger partial charge on any atom is 0.258 e. The number of hydrogen-bond donors (Lipinski definition) is 3. The van der Waals surface area contributed by atoms with Crippen molar-refractivity contribution in [2.75, 3.05) is 39.2 Å². The Morgan fingerprint density at radius 3 is 2.73 bits per heavy atom. The number of aromatic amines is 1. The van der Waals surface area contributed by atoms with Crippen LogP contribution in [0.25, 0.3) is 10.9 Å². The molecule has 1 aromatic heterocycles. The van der Waals surface area contributed by atoms with Gasteiger partial charge in [-0.15, -0.1) is 0 Å². The molecule has 0 spiro atoms. The molecular weight excluding hydrogens is 336 g/mol. The van der Waals surface area contributed by atoms with Crippen LogP contribution in [0.4, 0.5) is 5.69 Å². The number of benzene rings is 1. The molecule has 2 aromatic rings. The van der Waals surface area contributed by atoms with Crippen molar-refractivity contribution >= 4 is 22.5 Å². The number of nitrogens with zero attached hydrogens (tertiary/aromatic N) is 2. The van der Waals surface area contributed by atoms with E-state index in [0.29, 0.717) is 17.4 Å². The predicted molar refractivity (Wildman–Crippen MR) is 100 cm³/mol. The third-order valence-electron chi connectivity index (χ3n) is 3.58. The minimum atomic E-state index is -0.383. The van der Waals surface area contributed by atoms with Gasteiger partial charge >= 0.3 is 0 Å². The van der Waals surface area contributed by atoms with Crippen LogP contribution in [-0.4, -0.2) is 59.7 Å². The van der Waals surface area contributed by atoms with Crippen LogP contribution >= 0.6 is 0 Å². The SMILES string of the molecule is C1CCOC1.CN(C)C/C=C/C(=O)Nc1cc2c(=O)[nH]cnc2cc1O. The number of ether oxygens (including phenoxy) is 1. The van der Waals surface area contributed by atoms with Crippen LogP contribution in [0.1, 0.15) is 12.8 Å².